The topological polar surface area (TPSA) is 93.8 Å². The van der Waals surface area contributed by atoms with Crippen molar-refractivity contribution in [3.8, 4) is 5.75 Å². The normalized spacial score (nSPS) is 11.1. The van der Waals surface area contributed by atoms with Crippen molar-refractivity contribution in [3.05, 3.63) is 67.1 Å². The SMILES string of the molecule is CC(=NNC(=O)COc1ccc([N+](=O)[O-])cc1Br)c1cccc(Br)c1. The number of non-ortho nitro benzene ring substituents is 1. The maximum absolute atomic E-state index is 11.8. The van der Waals surface area contributed by atoms with Crippen LogP contribution in [0.3, 0.4) is 0 Å². The highest BCUT2D eigenvalue weighted by molar-refractivity contribution is 9.10. The summed E-state index contributed by atoms with van der Waals surface area (Å²) in [6, 6.07) is 11.6. The Labute approximate surface area is 160 Å². The van der Waals surface area contributed by atoms with Gasteiger partial charge in [0.05, 0.1) is 15.1 Å². The van der Waals surface area contributed by atoms with Crippen molar-refractivity contribution >= 4 is 49.2 Å². The van der Waals surface area contributed by atoms with Crippen molar-refractivity contribution < 1.29 is 14.5 Å². The smallest absolute Gasteiger partial charge is 0.277 e. The lowest BCUT2D eigenvalue weighted by atomic mass is 10.1. The van der Waals surface area contributed by atoms with Gasteiger partial charge in [-0.1, -0.05) is 28.1 Å². The van der Waals surface area contributed by atoms with E-state index in [1.807, 2.05) is 24.3 Å². The van der Waals surface area contributed by atoms with Gasteiger partial charge < -0.3 is 4.74 Å². The maximum Gasteiger partial charge on any atom is 0.277 e. The number of nitrogens with zero attached hydrogens (tertiary/aromatic N) is 2. The quantitative estimate of drug-likeness (QED) is 0.391. The van der Waals surface area contributed by atoms with Crippen molar-refractivity contribution in [3.63, 3.8) is 0 Å². The van der Waals surface area contributed by atoms with Gasteiger partial charge in [-0.25, -0.2) is 5.43 Å². The molecule has 0 radical (unpaired) electrons. The number of benzene rings is 2. The van der Waals surface area contributed by atoms with Gasteiger partial charge in [-0.2, -0.15) is 5.10 Å². The largest absolute Gasteiger partial charge is 0.483 e. The second kappa shape index (κ2) is 8.72. The number of carbonyl (C=O) groups is 1. The Hall–Kier alpha value is -2.26. The summed E-state index contributed by atoms with van der Waals surface area (Å²) < 4.78 is 6.64. The second-order valence-corrected chi connectivity index (χ2v) is 6.67. The molecule has 0 bridgehead atoms. The van der Waals surface area contributed by atoms with Crippen LogP contribution in [0.5, 0.6) is 5.75 Å². The number of hydrogen-bond donors (Lipinski definition) is 1. The Morgan fingerprint density at radius 2 is 2.04 bits per heavy atom. The summed E-state index contributed by atoms with van der Waals surface area (Å²) in [7, 11) is 0. The third-order valence-corrected chi connectivity index (χ3v) is 4.19. The Morgan fingerprint density at radius 1 is 1.28 bits per heavy atom. The summed E-state index contributed by atoms with van der Waals surface area (Å²) in [4.78, 5) is 22.0. The van der Waals surface area contributed by atoms with Gasteiger partial charge >= 0.3 is 0 Å². The highest BCUT2D eigenvalue weighted by Crippen LogP contribution is 2.28. The number of nitrogens with one attached hydrogen (secondary N) is 1. The first kappa shape index (κ1) is 19.1. The molecule has 0 heterocycles. The molecule has 0 atom stereocenters. The minimum absolute atomic E-state index is 0.0714. The summed E-state index contributed by atoms with van der Waals surface area (Å²) >= 11 is 6.54. The molecule has 2 aromatic carbocycles. The van der Waals surface area contributed by atoms with Crippen LogP contribution in [0.15, 0.2) is 56.5 Å². The van der Waals surface area contributed by atoms with Crippen LogP contribution in [-0.4, -0.2) is 23.1 Å². The fourth-order valence-corrected chi connectivity index (χ4v) is 2.70. The summed E-state index contributed by atoms with van der Waals surface area (Å²) in [6.07, 6.45) is 0. The Bertz CT molecular complexity index is 840. The van der Waals surface area contributed by atoms with E-state index in [4.69, 9.17) is 4.74 Å². The number of hydrazone groups is 1. The fraction of sp³-hybridized carbons (Fsp3) is 0.125. The first-order valence-corrected chi connectivity index (χ1v) is 8.61. The summed E-state index contributed by atoms with van der Waals surface area (Å²) in [6.45, 7) is 1.50. The predicted octanol–water partition coefficient (Wildman–Crippen LogP) is 4.04. The molecule has 0 spiro atoms. The standard InChI is InChI=1S/C16H13Br2N3O4/c1-10(11-3-2-4-12(17)7-11)19-20-16(22)9-25-15-6-5-13(21(23)24)8-14(15)18/h2-8H,9H2,1H3,(H,20,22). The molecule has 1 N–H and O–H groups in total. The van der Waals surface area contributed by atoms with Crippen LogP contribution in [0, 0.1) is 10.1 Å². The molecule has 25 heavy (non-hydrogen) atoms. The third kappa shape index (κ3) is 5.64. The Morgan fingerprint density at radius 3 is 2.68 bits per heavy atom. The van der Waals surface area contributed by atoms with Crippen LogP contribution in [0.1, 0.15) is 12.5 Å². The molecule has 2 aromatic rings. The van der Waals surface area contributed by atoms with Crippen molar-refractivity contribution in [2.45, 2.75) is 6.92 Å². The maximum atomic E-state index is 11.8. The van der Waals surface area contributed by atoms with Crippen molar-refractivity contribution in [1.29, 1.82) is 0 Å². The first-order valence-electron chi connectivity index (χ1n) is 7.02. The van der Waals surface area contributed by atoms with Gasteiger partial charge in [0.1, 0.15) is 5.75 Å². The zero-order valence-corrected chi connectivity index (χ0v) is 16.2. The Balaban J connectivity index is 1.92. The zero-order valence-electron chi connectivity index (χ0n) is 13.0. The van der Waals surface area contributed by atoms with E-state index >= 15 is 0 Å². The summed E-state index contributed by atoms with van der Waals surface area (Å²) in [5.74, 6) is -0.118. The number of rotatable bonds is 6. The molecule has 0 aliphatic rings. The van der Waals surface area contributed by atoms with Crippen molar-refractivity contribution in [2.24, 2.45) is 5.10 Å². The number of halogens is 2. The number of nitro groups is 1. The average Bonchev–Trinajstić information content (AvgIpc) is 2.58. The third-order valence-electron chi connectivity index (χ3n) is 3.08. The highest BCUT2D eigenvalue weighted by atomic mass is 79.9. The molecule has 1 amide bonds. The molecule has 0 aliphatic heterocycles. The average molecular weight is 471 g/mol. The summed E-state index contributed by atoms with van der Waals surface area (Å²) in [5.41, 5.74) is 3.85. The van der Waals surface area contributed by atoms with Gasteiger partial charge in [0.15, 0.2) is 6.61 Å². The minimum atomic E-state index is -0.513. The molecule has 9 heteroatoms. The molecule has 0 saturated carbocycles. The van der Waals surface area contributed by atoms with E-state index in [2.05, 4.69) is 42.4 Å². The zero-order chi connectivity index (χ0) is 18.4. The molecule has 130 valence electrons. The molecule has 0 saturated heterocycles. The number of ether oxygens (including phenoxy) is 1. The molecular formula is C16H13Br2N3O4. The van der Waals surface area contributed by atoms with Crippen LogP contribution in [0.2, 0.25) is 0 Å². The highest BCUT2D eigenvalue weighted by Gasteiger charge is 2.11. The second-order valence-electron chi connectivity index (χ2n) is 4.90. The van der Waals surface area contributed by atoms with E-state index in [0.717, 1.165) is 10.0 Å². The molecule has 0 aromatic heterocycles. The number of amides is 1. The van der Waals surface area contributed by atoms with Gasteiger partial charge in [-0.3, -0.25) is 14.9 Å². The minimum Gasteiger partial charge on any atom is -0.483 e. The van der Waals surface area contributed by atoms with Gasteiger partial charge in [-0.05, 0) is 46.6 Å². The van der Waals surface area contributed by atoms with Crippen LogP contribution < -0.4 is 10.2 Å². The fourth-order valence-electron chi connectivity index (χ4n) is 1.82. The molecule has 2 rings (SSSR count). The van der Waals surface area contributed by atoms with Gasteiger partial charge in [-0.15, -0.1) is 0 Å². The molecule has 0 aliphatic carbocycles. The monoisotopic (exact) mass is 469 g/mol. The van der Waals surface area contributed by atoms with Gasteiger partial charge in [0.25, 0.3) is 11.6 Å². The lowest BCUT2D eigenvalue weighted by Gasteiger charge is -2.07. The number of carbonyl (C=O) groups excluding carboxylic acids is 1. The first-order chi connectivity index (χ1) is 11.9. The van der Waals surface area contributed by atoms with E-state index in [-0.39, 0.29) is 12.3 Å². The molecule has 0 fully saturated rings. The molecule has 0 unspecified atom stereocenters. The summed E-state index contributed by atoms with van der Waals surface area (Å²) in [5, 5.41) is 14.7. The van der Waals surface area contributed by atoms with Crippen LogP contribution in [0.4, 0.5) is 5.69 Å². The van der Waals surface area contributed by atoms with E-state index in [0.29, 0.717) is 15.9 Å². The van der Waals surface area contributed by atoms with Crippen LogP contribution in [0.25, 0.3) is 0 Å². The van der Waals surface area contributed by atoms with Crippen LogP contribution in [-0.2, 0) is 4.79 Å². The lowest BCUT2D eigenvalue weighted by Crippen LogP contribution is -2.25. The molecule has 7 nitrogen and oxygen atoms in total. The van der Waals surface area contributed by atoms with Crippen molar-refractivity contribution in [2.75, 3.05) is 6.61 Å². The number of hydrogen-bond acceptors (Lipinski definition) is 5. The van der Waals surface area contributed by atoms with Crippen LogP contribution >= 0.6 is 31.9 Å². The molecular weight excluding hydrogens is 458 g/mol. The predicted molar refractivity (Wildman–Crippen MR) is 101 cm³/mol. The van der Waals surface area contributed by atoms with E-state index in [9.17, 15) is 14.9 Å². The van der Waals surface area contributed by atoms with E-state index in [1.54, 1.807) is 6.92 Å². The van der Waals surface area contributed by atoms with E-state index < -0.39 is 10.8 Å². The Kier molecular flexibility index (Phi) is 6.65. The van der Waals surface area contributed by atoms with Gasteiger partial charge in [0, 0.05) is 16.6 Å². The number of nitro benzene ring substituents is 1. The van der Waals surface area contributed by atoms with E-state index in [1.165, 1.54) is 18.2 Å². The van der Waals surface area contributed by atoms with Crippen molar-refractivity contribution in [1.82, 2.24) is 5.43 Å². The lowest BCUT2D eigenvalue weighted by molar-refractivity contribution is -0.384. The van der Waals surface area contributed by atoms with Gasteiger partial charge in [0.2, 0.25) is 0 Å².